The Balaban J connectivity index is 0.000000275. The first kappa shape index (κ1) is 107. The number of carbonyl (C=O) groups is 3. The van der Waals surface area contributed by atoms with Crippen LogP contribution in [0, 0.1) is 0 Å². The van der Waals surface area contributed by atoms with E-state index in [1.54, 1.807) is 92.7 Å². The predicted octanol–water partition coefficient (Wildman–Crippen LogP) is 20.2. The largest absolute Gasteiger partial charge is 0.573 e. The van der Waals surface area contributed by atoms with Crippen LogP contribution in [0.15, 0.2) is 255 Å². The Morgan fingerprint density at radius 1 is 0.492 bits per heavy atom. The van der Waals surface area contributed by atoms with Gasteiger partial charge in [-0.1, -0.05) is 100 Å². The molecule has 12 rings (SSSR count). The molecule has 0 aliphatic rings. The number of amides is 4. The molecule has 4 aromatic heterocycles. The van der Waals surface area contributed by atoms with Crippen LogP contribution in [0.3, 0.4) is 0 Å². The summed E-state index contributed by atoms with van der Waals surface area (Å²) in [6.07, 6.45) is -0.244. The van der Waals surface area contributed by atoms with E-state index < -0.39 is 39.2 Å². The number of hydrogen-bond donors (Lipinski definition) is 5. The molecular weight excluding hydrogens is 1780 g/mol. The lowest BCUT2D eigenvalue weighted by molar-refractivity contribution is -0.275. The molecule has 686 valence electrons. The predicted molar refractivity (Wildman–Crippen MR) is 494 cm³/mol. The van der Waals surface area contributed by atoms with Crippen LogP contribution in [0.2, 0.25) is 0 Å². The van der Waals surface area contributed by atoms with Crippen molar-refractivity contribution in [1.82, 2.24) is 43.7 Å². The number of halogens is 6. The van der Waals surface area contributed by atoms with Gasteiger partial charge in [-0.05, 0) is 172 Å². The molecule has 0 aliphatic carbocycles. The maximum absolute atomic E-state index is 12.9. The number of rotatable bonds is 26. The molecule has 0 radical (unpaired) electrons. The normalized spacial score (nSPS) is 11.1. The highest BCUT2D eigenvalue weighted by molar-refractivity contribution is 7.89. The second-order valence-electron chi connectivity index (χ2n) is 28.3. The summed E-state index contributed by atoms with van der Waals surface area (Å²) >= 11 is 6.36. The van der Waals surface area contributed by atoms with Crippen LogP contribution in [0.25, 0.3) is 42.3 Å². The van der Waals surface area contributed by atoms with E-state index in [0.29, 0.717) is 47.8 Å². The first-order valence-electron chi connectivity index (χ1n) is 38.8. The number of carbonyl (C=O) groups excluding carboxylic acids is 4. The number of urea groups is 2. The average Bonchev–Trinajstić information content (AvgIpc) is 1.09. The Morgan fingerprint density at radius 3 is 1.12 bits per heavy atom. The molecular formula is C89H104F6N14O13S6. The van der Waals surface area contributed by atoms with Gasteiger partial charge in [-0.25, -0.2) is 59.8 Å². The maximum atomic E-state index is 12.9. The van der Waals surface area contributed by atoms with Crippen LogP contribution in [0.4, 0.5) is 58.7 Å². The third kappa shape index (κ3) is 39.0. The maximum Gasteiger partial charge on any atom is 0.573 e. The number of aldehydes is 1. The molecule has 4 amide bonds. The van der Waals surface area contributed by atoms with Crippen molar-refractivity contribution in [2.75, 3.05) is 65.9 Å². The summed E-state index contributed by atoms with van der Waals surface area (Å²) in [5, 5.41) is 20.6. The number of aliphatic imine (C=N–C) groups is 1. The minimum Gasteiger partial charge on any atom is -0.406 e. The van der Waals surface area contributed by atoms with Gasteiger partial charge in [0.2, 0.25) is 26.1 Å². The molecule has 128 heavy (non-hydrogen) atoms. The summed E-state index contributed by atoms with van der Waals surface area (Å²) in [6, 6.07) is 53.8. The third-order valence-corrected chi connectivity index (χ3v) is 23.4. The van der Waals surface area contributed by atoms with Crippen LogP contribution in [-0.2, 0) is 58.7 Å². The minimum atomic E-state index is -4.76. The fourth-order valence-electron chi connectivity index (χ4n) is 10.3. The molecule has 7 N–H and O–H groups in total. The Labute approximate surface area is 758 Å². The monoisotopic (exact) mass is 1880 g/mol. The Bertz CT molecular complexity index is 5520. The summed E-state index contributed by atoms with van der Waals surface area (Å²) < 4.78 is 143. The minimum absolute atomic E-state index is 0.0306. The molecule has 39 heteroatoms. The van der Waals surface area contributed by atoms with E-state index in [1.165, 1.54) is 131 Å². The number of aromatic nitrogens is 4. The number of isocyanates is 1. The van der Waals surface area contributed by atoms with Crippen molar-refractivity contribution >= 4 is 113 Å². The molecule has 27 nitrogen and oxygen atoms in total. The quantitative estimate of drug-likeness (QED) is 0.00839. The zero-order valence-electron chi connectivity index (χ0n) is 72.9. The summed E-state index contributed by atoms with van der Waals surface area (Å²) in [6.45, 7) is 17.1. The van der Waals surface area contributed by atoms with Crippen LogP contribution in [-0.4, -0.2) is 172 Å². The van der Waals surface area contributed by atoms with Gasteiger partial charge in [-0.3, -0.25) is 4.79 Å². The van der Waals surface area contributed by atoms with Gasteiger partial charge in [-0.15, -0.1) is 71.7 Å². The van der Waals surface area contributed by atoms with E-state index in [-0.39, 0.29) is 51.1 Å². The molecule has 0 aliphatic heterocycles. The van der Waals surface area contributed by atoms with E-state index in [4.69, 9.17) is 11.5 Å². The summed E-state index contributed by atoms with van der Waals surface area (Å²) in [4.78, 5) is 70.2. The van der Waals surface area contributed by atoms with Crippen LogP contribution >= 0.6 is 45.3 Å². The van der Waals surface area contributed by atoms with Gasteiger partial charge in [0.05, 0.1) is 15.5 Å². The van der Waals surface area contributed by atoms with E-state index >= 15 is 0 Å². The highest BCUT2D eigenvalue weighted by Gasteiger charge is 2.32. The number of alkyl halides is 6. The number of thiazole rings is 4. The zero-order chi connectivity index (χ0) is 94.7. The van der Waals surface area contributed by atoms with Crippen LogP contribution in [0.5, 0.6) is 11.5 Å². The first-order chi connectivity index (χ1) is 60.6. The third-order valence-electron chi connectivity index (χ3n) is 16.4. The molecule has 0 atom stereocenters. The molecule has 0 spiro atoms. The highest BCUT2D eigenvalue weighted by atomic mass is 32.2. The van der Waals surface area contributed by atoms with E-state index in [0.717, 1.165) is 89.2 Å². The number of nitrogens with two attached hydrogens (primary N) is 2. The number of methoxy groups -OCH3 is 3. The number of nitrogens with zero attached hydrogens (tertiary/aromatic N) is 9. The van der Waals surface area contributed by atoms with Gasteiger partial charge < -0.3 is 60.9 Å². The number of nitrogen functional groups attached to an aromatic ring is 1. The number of anilines is 3. The molecule has 0 unspecified atom stereocenters. The molecule has 0 saturated carbocycles. The average molecular weight is 1880 g/mol. The summed E-state index contributed by atoms with van der Waals surface area (Å²) in [5.74, 6) is -0.706. The number of ether oxygens (including phenoxy) is 5. The van der Waals surface area contributed by atoms with Crippen molar-refractivity contribution in [3.05, 3.63) is 263 Å². The van der Waals surface area contributed by atoms with Gasteiger partial charge in [0.25, 0.3) is 6.48 Å². The Kier molecular flexibility index (Phi) is 45.1. The van der Waals surface area contributed by atoms with E-state index in [1.807, 2.05) is 136 Å². The molecule has 8 aromatic carbocycles. The Hall–Kier alpha value is -11.5. The van der Waals surface area contributed by atoms with E-state index in [2.05, 4.69) is 103 Å². The molecule has 12 aromatic rings. The lowest BCUT2D eigenvalue weighted by Gasteiger charge is -2.27. The van der Waals surface area contributed by atoms with Crippen LogP contribution < -0.4 is 36.9 Å². The number of hydrogen-bond acceptors (Lipinski definition) is 25. The van der Waals surface area contributed by atoms with Crippen molar-refractivity contribution in [3.8, 4) is 53.8 Å². The lowest BCUT2D eigenvalue weighted by atomic mass is 10.1. The smallest absolute Gasteiger partial charge is 0.406 e. The second kappa shape index (κ2) is 53.9. The molecule has 0 bridgehead atoms. The van der Waals surface area contributed by atoms with Crippen molar-refractivity contribution in [3.63, 3.8) is 0 Å². The molecule has 0 fully saturated rings. The van der Waals surface area contributed by atoms with Crippen molar-refractivity contribution in [2.24, 2.45) is 10.7 Å². The number of nitrogens with one attached hydrogen (secondary N) is 3. The standard InChI is InChI=1S/C22H26N4O3S2.C21H20F3N3O2S.C13H16N2S.C10H7NOS.C8H4F3NO2.C8H12N2O2S.C4H10O3.C3H9N/c1-16(2)26(15-17-6-5-7-18(14-17)21-23-12-13-30-21)22(27)24-19-8-10-20(11-9-19)31(28,29)25(3)4;1-14(2)27(13-15-4-3-5-16(12-15)19-25-10-11-30-19)20(28)26-17-6-8-18(9-7-17)29-21(22,23)24;1-10(2)15-9-11-4-3-5-12(8-11)13-14-6-7-16-13;12-7-8-2-1-3-9(6-8)10-11-4-5-13-10;9-8(10,11)14-7-3-1-6(2-4-7)12-5-13;1-10(2)13(11,12)8-5-3-7(9)4-6-8;1-5-4(6-2)7-3;1-3(2)4/h5-14,16H,15H2,1-4H3,(H,24,27);3-12,14H,13H2,1-2H3,(H,26,28);3-8,10,15H,9H2,1-2H3;1-7H;1-4H;3-6H,9H2,1-2H3;4H,1-3H3;3H,4H2,1-2H3. The van der Waals surface area contributed by atoms with Gasteiger partial charge >= 0.3 is 24.8 Å². The fourth-order valence-corrected chi connectivity index (χ4v) is 14.6. The van der Waals surface area contributed by atoms with Gasteiger partial charge in [0.15, 0.2) is 0 Å². The molecule has 4 heterocycles. The van der Waals surface area contributed by atoms with Crippen molar-refractivity contribution in [2.45, 2.75) is 128 Å². The zero-order valence-corrected chi connectivity index (χ0v) is 77.8. The highest BCUT2D eigenvalue weighted by Crippen LogP contribution is 2.31. The number of sulfonamides is 2. The van der Waals surface area contributed by atoms with Gasteiger partial charge in [0.1, 0.15) is 37.8 Å². The second-order valence-corrected chi connectivity index (χ2v) is 36.1. The SMILES string of the molecule is CC(C)N.CC(C)N(Cc1cccc(-c2nccs2)c1)C(=O)Nc1ccc(OC(F)(F)F)cc1.CC(C)N(Cc1cccc(-c2nccs2)c1)C(=O)Nc1ccc(S(=O)(=O)N(C)C)cc1.CC(C)NCc1cccc(-c2nccs2)c1.CN(C)S(=O)(=O)c1ccc(N)cc1.COC(OC)OC.O=C=Nc1ccc(OC(F)(F)F)cc1.O=Cc1cccc(-c2nccs2)c1. The van der Waals surface area contributed by atoms with Crippen LogP contribution in [0.1, 0.15) is 82.4 Å². The number of benzene rings is 8. The van der Waals surface area contributed by atoms with E-state index in [9.17, 15) is 62.4 Å². The summed E-state index contributed by atoms with van der Waals surface area (Å²) in [7, 11) is 3.66. The topological polar surface area (TPSA) is 348 Å². The lowest BCUT2D eigenvalue weighted by Crippen LogP contribution is -2.39. The Morgan fingerprint density at radius 2 is 0.820 bits per heavy atom. The fraction of sp³-hybridized carbons (Fsp3) is 0.281. The van der Waals surface area contributed by atoms with Crippen molar-refractivity contribution < 1.29 is 86.0 Å². The summed E-state index contributed by atoms with van der Waals surface area (Å²) in [5.41, 5.74) is 20.4. The molecule has 0 saturated heterocycles. The van der Waals surface area contributed by atoms with Gasteiger partial charge in [-0.2, -0.15) is 4.99 Å². The van der Waals surface area contributed by atoms with Crippen molar-refractivity contribution in [1.29, 1.82) is 0 Å². The van der Waals surface area contributed by atoms with Gasteiger partial charge in [0, 0.05) is 178 Å². The first-order valence-corrected chi connectivity index (χ1v) is 45.2.